The summed E-state index contributed by atoms with van der Waals surface area (Å²) >= 11 is 0. The van der Waals surface area contributed by atoms with Crippen molar-refractivity contribution in [3.8, 4) is 0 Å². The lowest BCUT2D eigenvalue weighted by Gasteiger charge is -2.33. The number of benzene rings is 1. The Morgan fingerprint density at radius 2 is 2.18 bits per heavy atom. The second-order valence-corrected chi connectivity index (χ2v) is 6.61. The van der Waals surface area contributed by atoms with Crippen LogP contribution in [-0.4, -0.2) is 29.9 Å². The molecule has 0 fully saturated rings. The predicted molar refractivity (Wildman–Crippen MR) is 89.5 cm³/mol. The summed E-state index contributed by atoms with van der Waals surface area (Å²) in [6.07, 6.45) is 8.39. The highest BCUT2D eigenvalue weighted by atomic mass is 16.1. The van der Waals surface area contributed by atoms with Crippen LogP contribution in [0.25, 0.3) is 0 Å². The van der Waals surface area contributed by atoms with Crippen molar-refractivity contribution in [1.82, 2.24) is 10.2 Å². The van der Waals surface area contributed by atoms with Gasteiger partial charge in [0, 0.05) is 32.1 Å². The van der Waals surface area contributed by atoms with Gasteiger partial charge in [0.1, 0.15) is 0 Å². The van der Waals surface area contributed by atoms with Gasteiger partial charge in [-0.1, -0.05) is 36.4 Å². The van der Waals surface area contributed by atoms with Crippen LogP contribution in [0.2, 0.25) is 0 Å². The summed E-state index contributed by atoms with van der Waals surface area (Å²) < 4.78 is 0. The largest absolute Gasteiger partial charge is 0.355 e. The molecule has 0 saturated carbocycles. The molecule has 0 saturated heterocycles. The Kier molecular flexibility index (Phi) is 4.94. The molecule has 0 aromatic heterocycles. The second kappa shape index (κ2) is 7.10. The van der Waals surface area contributed by atoms with Gasteiger partial charge in [-0.25, -0.2) is 0 Å². The third-order valence-corrected chi connectivity index (χ3v) is 4.94. The van der Waals surface area contributed by atoms with E-state index in [1.807, 2.05) is 0 Å². The first-order chi connectivity index (χ1) is 10.7. The van der Waals surface area contributed by atoms with Crippen molar-refractivity contribution in [1.29, 1.82) is 0 Å². The zero-order valence-electron chi connectivity index (χ0n) is 13.4. The average Bonchev–Trinajstić information content (AvgIpc) is 3.05. The number of nitrogens with zero attached hydrogens (tertiary/aromatic N) is 1. The first-order valence-electron chi connectivity index (χ1n) is 8.46. The minimum absolute atomic E-state index is 0.195. The van der Waals surface area contributed by atoms with Crippen molar-refractivity contribution >= 4 is 5.91 Å². The van der Waals surface area contributed by atoms with Gasteiger partial charge in [0.05, 0.1) is 0 Å². The zero-order valence-corrected chi connectivity index (χ0v) is 13.4. The van der Waals surface area contributed by atoms with E-state index in [0.29, 0.717) is 18.4 Å². The second-order valence-electron chi connectivity index (χ2n) is 6.61. The lowest BCUT2D eigenvalue weighted by Crippen LogP contribution is -2.44. The van der Waals surface area contributed by atoms with E-state index in [-0.39, 0.29) is 5.91 Å². The van der Waals surface area contributed by atoms with E-state index in [2.05, 4.69) is 53.6 Å². The molecule has 1 aromatic carbocycles. The van der Waals surface area contributed by atoms with Crippen LogP contribution in [0.4, 0.5) is 0 Å². The number of carbonyl (C=O) groups is 1. The Balaban J connectivity index is 1.45. The number of fused-ring (bicyclic) bond motifs is 1. The van der Waals surface area contributed by atoms with Gasteiger partial charge in [0.2, 0.25) is 5.91 Å². The smallest absolute Gasteiger partial charge is 0.220 e. The van der Waals surface area contributed by atoms with E-state index in [1.165, 1.54) is 11.1 Å². The number of hydrogen-bond acceptors (Lipinski definition) is 2. The summed E-state index contributed by atoms with van der Waals surface area (Å²) in [5, 5.41) is 3.12. The highest BCUT2D eigenvalue weighted by molar-refractivity contribution is 5.76. The van der Waals surface area contributed by atoms with Crippen molar-refractivity contribution in [2.45, 2.75) is 45.2 Å². The summed E-state index contributed by atoms with van der Waals surface area (Å²) in [6.45, 7) is 5.04. The average molecular weight is 298 g/mol. The molecule has 0 bridgehead atoms. The van der Waals surface area contributed by atoms with Crippen molar-refractivity contribution in [3.63, 3.8) is 0 Å². The van der Waals surface area contributed by atoms with Crippen LogP contribution in [0, 0.1) is 5.92 Å². The Labute approximate surface area is 133 Å². The third kappa shape index (κ3) is 3.77. The molecule has 1 N–H and O–H groups in total. The first kappa shape index (κ1) is 15.3. The van der Waals surface area contributed by atoms with Crippen LogP contribution in [-0.2, 0) is 17.8 Å². The molecule has 118 valence electrons. The van der Waals surface area contributed by atoms with Gasteiger partial charge in [-0.3, -0.25) is 9.69 Å². The van der Waals surface area contributed by atoms with Gasteiger partial charge in [0.15, 0.2) is 0 Å². The molecule has 3 heteroatoms. The fourth-order valence-corrected chi connectivity index (χ4v) is 3.46. The molecule has 1 aliphatic heterocycles. The minimum atomic E-state index is 0.195. The lowest BCUT2D eigenvalue weighted by atomic mass is 9.99. The fraction of sp³-hybridized carbons (Fsp3) is 0.526. The zero-order chi connectivity index (χ0) is 15.4. The van der Waals surface area contributed by atoms with Crippen LogP contribution < -0.4 is 5.32 Å². The van der Waals surface area contributed by atoms with E-state index in [4.69, 9.17) is 0 Å². The summed E-state index contributed by atoms with van der Waals surface area (Å²) in [4.78, 5) is 14.5. The maximum absolute atomic E-state index is 12.0. The molecule has 1 aliphatic carbocycles. The minimum Gasteiger partial charge on any atom is -0.355 e. The molecule has 3 rings (SSSR count). The van der Waals surface area contributed by atoms with E-state index in [0.717, 1.165) is 38.9 Å². The first-order valence-corrected chi connectivity index (χ1v) is 8.46. The number of carbonyl (C=O) groups excluding carboxylic acids is 1. The SMILES string of the molecule is C[C@@H](CNC(=O)C[C@H]1C=CCC1)N1CCc2ccccc2C1. The van der Waals surface area contributed by atoms with Gasteiger partial charge in [-0.2, -0.15) is 0 Å². The van der Waals surface area contributed by atoms with Crippen molar-refractivity contribution < 1.29 is 4.79 Å². The normalized spacial score (nSPS) is 22.3. The van der Waals surface area contributed by atoms with E-state index in [1.54, 1.807) is 0 Å². The Morgan fingerprint density at radius 1 is 1.36 bits per heavy atom. The van der Waals surface area contributed by atoms with Crippen LogP contribution >= 0.6 is 0 Å². The van der Waals surface area contributed by atoms with Gasteiger partial charge < -0.3 is 5.32 Å². The Hall–Kier alpha value is -1.61. The molecular formula is C19H26N2O. The quantitative estimate of drug-likeness (QED) is 0.848. The Bertz CT molecular complexity index is 552. The molecular weight excluding hydrogens is 272 g/mol. The van der Waals surface area contributed by atoms with Crippen LogP contribution in [0.1, 0.15) is 37.3 Å². The summed E-state index contributed by atoms with van der Waals surface area (Å²) in [5.41, 5.74) is 2.91. The monoisotopic (exact) mass is 298 g/mol. The number of nitrogens with one attached hydrogen (secondary N) is 1. The van der Waals surface area contributed by atoms with Crippen molar-refractivity contribution in [2.24, 2.45) is 5.92 Å². The fourth-order valence-electron chi connectivity index (χ4n) is 3.46. The van der Waals surface area contributed by atoms with Crippen molar-refractivity contribution in [3.05, 3.63) is 47.5 Å². The highest BCUT2D eigenvalue weighted by Crippen LogP contribution is 2.21. The van der Waals surface area contributed by atoms with Crippen LogP contribution in [0.5, 0.6) is 0 Å². The molecule has 3 nitrogen and oxygen atoms in total. The van der Waals surface area contributed by atoms with E-state index < -0.39 is 0 Å². The van der Waals surface area contributed by atoms with E-state index in [9.17, 15) is 4.79 Å². The highest BCUT2D eigenvalue weighted by Gasteiger charge is 2.21. The van der Waals surface area contributed by atoms with Gasteiger partial charge in [-0.05, 0) is 43.2 Å². The van der Waals surface area contributed by atoms with Gasteiger partial charge in [0.25, 0.3) is 0 Å². The number of rotatable bonds is 5. The number of amides is 1. The Morgan fingerprint density at radius 3 is 2.95 bits per heavy atom. The number of allylic oxidation sites excluding steroid dienone is 2. The summed E-state index contributed by atoms with van der Waals surface area (Å²) in [7, 11) is 0. The third-order valence-electron chi connectivity index (χ3n) is 4.94. The van der Waals surface area contributed by atoms with Gasteiger partial charge in [-0.15, -0.1) is 0 Å². The molecule has 22 heavy (non-hydrogen) atoms. The van der Waals surface area contributed by atoms with Gasteiger partial charge >= 0.3 is 0 Å². The maximum Gasteiger partial charge on any atom is 0.220 e. The molecule has 0 unspecified atom stereocenters. The molecule has 1 aromatic rings. The van der Waals surface area contributed by atoms with Crippen LogP contribution in [0.15, 0.2) is 36.4 Å². The molecule has 0 radical (unpaired) electrons. The molecule has 1 amide bonds. The summed E-state index contributed by atoms with van der Waals surface area (Å²) in [5.74, 6) is 0.651. The topological polar surface area (TPSA) is 32.3 Å². The molecule has 2 aliphatic rings. The maximum atomic E-state index is 12.0. The molecule has 1 heterocycles. The predicted octanol–water partition coefficient (Wildman–Crippen LogP) is 2.91. The van der Waals surface area contributed by atoms with E-state index >= 15 is 0 Å². The standard InChI is InChI=1S/C19H26N2O/c1-15(13-20-19(22)12-16-6-2-3-7-16)21-11-10-17-8-4-5-9-18(17)14-21/h2,4-6,8-9,15-16H,3,7,10-14H2,1H3,(H,20,22)/t15-,16-/m0/s1. The van der Waals surface area contributed by atoms with Crippen molar-refractivity contribution in [2.75, 3.05) is 13.1 Å². The molecule has 0 spiro atoms. The lowest BCUT2D eigenvalue weighted by molar-refractivity contribution is -0.121. The van der Waals surface area contributed by atoms with Crippen LogP contribution in [0.3, 0.4) is 0 Å². The summed E-state index contributed by atoms with van der Waals surface area (Å²) in [6, 6.07) is 9.07. The number of hydrogen-bond donors (Lipinski definition) is 1. The molecule has 2 atom stereocenters.